The van der Waals surface area contributed by atoms with Crippen LogP contribution in [0.4, 0.5) is 5.69 Å². The highest BCUT2D eigenvalue weighted by Crippen LogP contribution is 2.50. The molecule has 1 saturated heterocycles. The van der Waals surface area contributed by atoms with Crippen LogP contribution in [-0.2, 0) is 27.8 Å². The van der Waals surface area contributed by atoms with E-state index in [1.165, 1.54) is 11.1 Å². The summed E-state index contributed by atoms with van der Waals surface area (Å²) in [7, 11) is 0. The number of hydrogen-bond donors (Lipinski definition) is 2. The Labute approximate surface area is 206 Å². The average molecular weight is 474 g/mol. The number of aromatic nitrogens is 3. The number of carbonyl (C=O) groups is 2. The van der Waals surface area contributed by atoms with E-state index in [1.807, 2.05) is 16.0 Å². The molecule has 0 unspecified atom stereocenters. The minimum absolute atomic E-state index is 0.0701. The number of fused-ring (bicyclic) bond motifs is 6. The molecule has 0 spiro atoms. The maximum absolute atomic E-state index is 14.1. The highest BCUT2D eigenvalue weighted by molar-refractivity contribution is 6.13. The summed E-state index contributed by atoms with van der Waals surface area (Å²) in [5.74, 6) is 0.180. The third kappa shape index (κ3) is 3.34. The van der Waals surface area contributed by atoms with Gasteiger partial charge in [-0.15, -0.1) is 0 Å². The first kappa shape index (κ1) is 22.4. The summed E-state index contributed by atoms with van der Waals surface area (Å²) in [6.07, 6.45) is 10.6. The molecule has 35 heavy (non-hydrogen) atoms. The van der Waals surface area contributed by atoms with Gasteiger partial charge in [0.25, 0.3) is 0 Å². The lowest BCUT2D eigenvalue weighted by Gasteiger charge is -2.28. The number of nitrogens with zero attached hydrogens (tertiary/aromatic N) is 3. The van der Waals surface area contributed by atoms with Crippen molar-refractivity contribution >= 4 is 28.4 Å². The first-order valence-electron chi connectivity index (χ1n) is 13.4. The molecule has 3 aromatic rings. The minimum atomic E-state index is -0.556. The number of benzene rings is 1. The van der Waals surface area contributed by atoms with E-state index in [9.17, 15) is 9.59 Å². The van der Waals surface area contributed by atoms with Gasteiger partial charge in [0, 0.05) is 29.7 Å². The second-order valence-corrected chi connectivity index (χ2v) is 10.6. The lowest BCUT2D eigenvalue weighted by atomic mass is 9.74. The van der Waals surface area contributed by atoms with Gasteiger partial charge in [0.15, 0.2) is 0 Å². The van der Waals surface area contributed by atoms with Crippen LogP contribution in [0.5, 0.6) is 0 Å². The number of anilines is 1. The predicted molar refractivity (Wildman–Crippen MR) is 138 cm³/mol. The highest BCUT2D eigenvalue weighted by Gasteiger charge is 2.50. The van der Waals surface area contributed by atoms with E-state index in [-0.39, 0.29) is 18.4 Å². The van der Waals surface area contributed by atoms with Gasteiger partial charge in [-0.1, -0.05) is 26.7 Å². The lowest BCUT2D eigenvalue weighted by molar-refractivity contribution is -0.131. The molecule has 0 saturated carbocycles. The van der Waals surface area contributed by atoms with Crippen LogP contribution >= 0.6 is 0 Å². The summed E-state index contributed by atoms with van der Waals surface area (Å²) in [6, 6.07) is 4.42. The summed E-state index contributed by atoms with van der Waals surface area (Å²) < 4.78 is 0. The molecule has 2 N–H and O–H groups in total. The molecule has 6 rings (SSSR count). The number of aryl methyl sites for hydroxylation is 2. The molecule has 184 valence electrons. The normalized spacial score (nSPS) is 18.6. The number of hydrogen-bond acceptors (Lipinski definition) is 3. The van der Waals surface area contributed by atoms with Crippen molar-refractivity contribution in [1.82, 2.24) is 20.1 Å². The van der Waals surface area contributed by atoms with Gasteiger partial charge in [-0.25, -0.2) is 0 Å². The molecule has 2 amide bonds. The molecule has 7 heteroatoms. The molecule has 1 aliphatic carbocycles. The number of amides is 2. The van der Waals surface area contributed by atoms with Crippen LogP contribution < -0.4 is 4.90 Å². The number of carbonyl (C=O) groups excluding carboxylic acids is 2. The number of likely N-dealkylation sites (tertiary alicyclic amines) is 1. The molecule has 1 fully saturated rings. The average Bonchev–Trinajstić information content (AvgIpc) is 3.62. The Balaban J connectivity index is 1.51. The maximum atomic E-state index is 14.1. The summed E-state index contributed by atoms with van der Waals surface area (Å²) in [4.78, 5) is 34.7. The van der Waals surface area contributed by atoms with Crippen molar-refractivity contribution in [3.8, 4) is 11.4 Å². The van der Waals surface area contributed by atoms with E-state index in [0.717, 1.165) is 104 Å². The number of H-pyrrole nitrogens is 2. The van der Waals surface area contributed by atoms with Crippen molar-refractivity contribution < 1.29 is 9.59 Å². The monoisotopic (exact) mass is 473 g/mol. The largest absolute Gasteiger partial charge is 0.353 e. The van der Waals surface area contributed by atoms with Gasteiger partial charge in [-0.3, -0.25) is 14.7 Å². The van der Waals surface area contributed by atoms with Crippen molar-refractivity contribution in [1.29, 1.82) is 0 Å². The van der Waals surface area contributed by atoms with Gasteiger partial charge in [0.2, 0.25) is 11.8 Å². The zero-order chi connectivity index (χ0) is 24.2. The maximum Gasteiger partial charge on any atom is 0.242 e. The van der Waals surface area contributed by atoms with Crippen LogP contribution in [0.2, 0.25) is 0 Å². The van der Waals surface area contributed by atoms with Crippen LogP contribution in [0.15, 0.2) is 18.3 Å². The van der Waals surface area contributed by atoms with Gasteiger partial charge >= 0.3 is 0 Å². The minimum Gasteiger partial charge on any atom is -0.353 e. The van der Waals surface area contributed by atoms with Crippen molar-refractivity contribution in [2.45, 2.75) is 77.0 Å². The molecule has 3 aliphatic rings. The smallest absolute Gasteiger partial charge is 0.242 e. The topological polar surface area (TPSA) is 85.1 Å². The molecule has 0 atom stereocenters. The Morgan fingerprint density at radius 1 is 1.06 bits per heavy atom. The molecule has 0 radical (unpaired) electrons. The summed E-state index contributed by atoms with van der Waals surface area (Å²) in [6.45, 7) is 6.05. The molecule has 4 heterocycles. The van der Waals surface area contributed by atoms with Crippen LogP contribution in [0.25, 0.3) is 22.3 Å². The van der Waals surface area contributed by atoms with Crippen LogP contribution in [-0.4, -0.2) is 51.5 Å². The number of nitrogens with one attached hydrogen (secondary N) is 2. The van der Waals surface area contributed by atoms with E-state index in [1.54, 1.807) is 0 Å². The molecular formula is C28H35N5O2. The molecular weight excluding hydrogens is 438 g/mol. The molecule has 0 bridgehead atoms. The highest BCUT2D eigenvalue weighted by atomic mass is 16.2. The van der Waals surface area contributed by atoms with Gasteiger partial charge in [0.05, 0.1) is 23.0 Å². The molecule has 2 aliphatic heterocycles. The summed E-state index contributed by atoms with van der Waals surface area (Å²) >= 11 is 0. The van der Waals surface area contributed by atoms with Crippen LogP contribution in [0, 0.1) is 0 Å². The fraction of sp³-hybridized carbons (Fsp3) is 0.536. The van der Waals surface area contributed by atoms with Crippen molar-refractivity contribution in [3.63, 3.8) is 0 Å². The van der Waals surface area contributed by atoms with E-state index in [0.29, 0.717) is 0 Å². The zero-order valence-corrected chi connectivity index (χ0v) is 20.9. The van der Waals surface area contributed by atoms with E-state index in [2.05, 4.69) is 41.2 Å². The third-order valence-electron chi connectivity index (χ3n) is 8.43. The number of aromatic amines is 2. The Morgan fingerprint density at radius 2 is 1.83 bits per heavy atom. The molecule has 2 aromatic heterocycles. The summed E-state index contributed by atoms with van der Waals surface area (Å²) in [5.41, 5.74) is 7.29. The second-order valence-electron chi connectivity index (χ2n) is 10.6. The van der Waals surface area contributed by atoms with E-state index < -0.39 is 5.41 Å². The number of rotatable bonds is 6. The van der Waals surface area contributed by atoms with Gasteiger partial charge < -0.3 is 14.8 Å². The van der Waals surface area contributed by atoms with Crippen molar-refractivity contribution in [2.24, 2.45) is 0 Å². The van der Waals surface area contributed by atoms with Gasteiger partial charge in [-0.2, -0.15) is 5.10 Å². The first-order chi connectivity index (χ1) is 17.1. The van der Waals surface area contributed by atoms with E-state index in [4.69, 9.17) is 0 Å². The predicted octanol–water partition coefficient (Wildman–Crippen LogP) is 4.85. The van der Waals surface area contributed by atoms with Crippen LogP contribution in [0.3, 0.4) is 0 Å². The fourth-order valence-corrected chi connectivity index (χ4v) is 6.84. The van der Waals surface area contributed by atoms with Crippen LogP contribution in [0.1, 0.15) is 75.5 Å². The van der Waals surface area contributed by atoms with Crippen molar-refractivity contribution in [2.75, 3.05) is 24.5 Å². The Morgan fingerprint density at radius 3 is 2.57 bits per heavy atom. The second kappa shape index (κ2) is 8.54. The SMILES string of the molecule is CCCC1(CCC)C(=O)N(CC(=O)N2CCCC2)c2cc3c4c([nH]c3cc21)-c1[nH]ncc1CCC4. The van der Waals surface area contributed by atoms with Gasteiger partial charge in [0.1, 0.15) is 6.54 Å². The van der Waals surface area contributed by atoms with E-state index >= 15 is 0 Å². The first-order valence-corrected chi connectivity index (χ1v) is 13.4. The standard InChI is InChI=1S/C28H35N5O2/c1-3-10-28(11-4-2)21-15-22-20(19-9-7-8-18-16-29-31-25(18)26(19)30-22)14-23(21)33(27(28)35)17-24(34)32-12-5-6-13-32/h14-16,30H,3-13,17H2,1-2H3,(H,29,31). The van der Waals surface area contributed by atoms with Gasteiger partial charge in [-0.05, 0) is 73.8 Å². The van der Waals surface area contributed by atoms with Crippen molar-refractivity contribution in [3.05, 3.63) is 35.0 Å². The quantitative estimate of drug-likeness (QED) is 0.536. The Kier molecular flexibility index (Phi) is 5.46. The zero-order valence-electron chi connectivity index (χ0n) is 20.9. The Hall–Kier alpha value is -3.09. The molecule has 7 nitrogen and oxygen atoms in total. The lowest BCUT2D eigenvalue weighted by Crippen LogP contribution is -2.45. The molecule has 1 aromatic carbocycles. The fourth-order valence-electron chi connectivity index (χ4n) is 6.84. The summed E-state index contributed by atoms with van der Waals surface area (Å²) in [5, 5.41) is 8.67. The third-order valence-corrected chi connectivity index (χ3v) is 8.43. The Bertz CT molecular complexity index is 1290.